The topological polar surface area (TPSA) is 271 Å². The molecule has 11 atom stereocenters. The summed E-state index contributed by atoms with van der Waals surface area (Å²) in [4.78, 5) is 37.3. The van der Waals surface area contributed by atoms with Crippen LogP contribution in [-0.4, -0.2) is 140 Å². The van der Waals surface area contributed by atoms with E-state index in [0.717, 1.165) is 33.3 Å². The number of aliphatic hydroxyl groups is 4. The van der Waals surface area contributed by atoms with Crippen LogP contribution in [0, 0.1) is 0 Å². The van der Waals surface area contributed by atoms with Crippen LogP contribution in [0.1, 0.15) is 12.5 Å². The molecule has 1 amide bonds. The Hall–Kier alpha value is -3.13. The average molecular weight is 592 g/mol. The van der Waals surface area contributed by atoms with Gasteiger partial charge in [0.2, 0.25) is 0 Å². The number of hydrogen-bond acceptors (Lipinski definition) is 14. The van der Waals surface area contributed by atoms with Gasteiger partial charge in [0.1, 0.15) is 42.2 Å². The maximum absolute atomic E-state index is 13.4. The van der Waals surface area contributed by atoms with Gasteiger partial charge in [-0.3, -0.25) is 4.79 Å². The molecule has 0 bridgehead atoms. The van der Waals surface area contributed by atoms with Gasteiger partial charge >= 0.3 is 11.9 Å². The summed E-state index contributed by atoms with van der Waals surface area (Å²) in [5.41, 5.74) is -1.87. The Morgan fingerprint density at radius 2 is 1.44 bits per heavy atom. The normalized spacial score (nSPS) is 35.3. The number of aliphatic hydroxyl groups excluding tert-OH is 4. The van der Waals surface area contributed by atoms with Crippen molar-refractivity contribution in [1.29, 1.82) is 0 Å². The standard InChI is InChI=1S/C24H33NO16/c1-24(23(35)36,7-8-4-5-9(26)10(27)6-8)25-19(32)17-16(12(29)13(30)21(38-3)40-17)39-22-14(31)11(28)15(37-2)18(41-22)20(33)34/h4-6,11-18,21-22,26-31H,7H2,1-3H3,(H,25,32)(H,33,34)(H,35,36)/t11-,12?,13?,14?,15+,16+,17-,18?,21-,22-,24+/m1/s1. The SMILES string of the molecule is CO[C@@H]1O[C@@H](C(=O)N[C@@](C)(Cc2ccc(O)c(O)c2)C(=O)O)[C@@H](O[C@@H]2OC(C(=O)O)[C@@H](OC)[C@H](O)C2O)C(O)C1O. The number of nitrogens with one attached hydrogen (secondary N) is 1. The summed E-state index contributed by atoms with van der Waals surface area (Å²) in [6.07, 6.45) is -18.9. The van der Waals surface area contributed by atoms with Gasteiger partial charge in [-0.1, -0.05) is 6.07 Å². The van der Waals surface area contributed by atoms with Gasteiger partial charge in [0.15, 0.2) is 36.3 Å². The van der Waals surface area contributed by atoms with Crippen LogP contribution in [0.4, 0.5) is 0 Å². The number of phenols is 2. The molecule has 2 heterocycles. The second-order valence-electron chi connectivity index (χ2n) is 9.81. The average Bonchev–Trinajstić information content (AvgIpc) is 2.91. The van der Waals surface area contributed by atoms with Crippen LogP contribution in [0.25, 0.3) is 0 Å². The molecule has 1 aromatic rings. The molecule has 0 aromatic heterocycles. The highest BCUT2D eigenvalue weighted by molar-refractivity contribution is 5.89. The molecule has 0 radical (unpaired) electrons. The molecule has 17 nitrogen and oxygen atoms in total. The first-order chi connectivity index (χ1) is 19.1. The zero-order valence-electron chi connectivity index (χ0n) is 22.1. The van der Waals surface area contributed by atoms with Crippen LogP contribution in [0.3, 0.4) is 0 Å². The van der Waals surface area contributed by atoms with Crippen molar-refractivity contribution < 1.29 is 78.9 Å². The number of carboxylic acid groups (broad SMARTS) is 2. The molecule has 3 rings (SSSR count). The fraction of sp³-hybridized carbons (Fsp3) is 0.625. The molecule has 0 saturated carbocycles. The Morgan fingerprint density at radius 3 is 1.98 bits per heavy atom. The number of hydrogen-bond donors (Lipinski definition) is 9. The summed E-state index contributed by atoms with van der Waals surface area (Å²) in [7, 11) is 2.16. The third kappa shape index (κ3) is 6.69. The third-order valence-corrected chi connectivity index (χ3v) is 6.86. The van der Waals surface area contributed by atoms with Gasteiger partial charge in [-0.15, -0.1) is 0 Å². The lowest BCUT2D eigenvalue weighted by atomic mass is 9.91. The molecule has 230 valence electrons. The lowest BCUT2D eigenvalue weighted by molar-refractivity contribution is -0.348. The quantitative estimate of drug-likeness (QED) is 0.120. The number of carbonyl (C=O) groups is 3. The smallest absolute Gasteiger partial charge is 0.335 e. The van der Waals surface area contributed by atoms with Crippen molar-refractivity contribution in [2.45, 2.75) is 80.3 Å². The molecule has 1 aromatic carbocycles. The molecule has 2 saturated heterocycles. The van der Waals surface area contributed by atoms with Gasteiger partial charge in [0, 0.05) is 20.6 Å². The molecular weight excluding hydrogens is 558 g/mol. The summed E-state index contributed by atoms with van der Waals surface area (Å²) in [5, 5.41) is 83.0. The van der Waals surface area contributed by atoms with Crippen molar-refractivity contribution in [3.63, 3.8) is 0 Å². The summed E-state index contributed by atoms with van der Waals surface area (Å²) in [6.45, 7) is 1.13. The third-order valence-electron chi connectivity index (χ3n) is 6.86. The zero-order chi connectivity index (χ0) is 30.8. The number of ether oxygens (including phenoxy) is 5. The molecule has 0 aliphatic carbocycles. The van der Waals surface area contributed by atoms with E-state index in [1.807, 2.05) is 0 Å². The zero-order valence-corrected chi connectivity index (χ0v) is 22.1. The lowest BCUT2D eigenvalue weighted by Gasteiger charge is -2.46. The number of rotatable bonds is 10. The van der Waals surface area contributed by atoms with Gasteiger partial charge in [-0.25, -0.2) is 9.59 Å². The van der Waals surface area contributed by atoms with E-state index in [4.69, 9.17) is 23.7 Å². The predicted octanol–water partition coefficient (Wildman–Crippen LogP) is -3.38. The maximum atomic E-state index is 13.4. The molecule has 2 aliphatic rings. The van der Waals surface area contributed by atoms with Crippen molar-refractivity contribution >= 4 is 17.8 Å². The van der Waals surface area contributed by atoms with Crippen LogP contribution >= 0.6 is 0 Å². The van der Waals surface area contributed by atoms with Crippen LogP contribution in [0.2, 0.25) is 0 Å². The second kappa shape index (κ2) is 12.8. The first-order valence-corrected chi connectivity index (χ1v) is 12.2. The summed E-state index contributed by atoms with van der Waals surface area (Å²) in [6, 6.07) is 3.52. The monoisotopic (exact) mass is 591 g/mol. The Balaban J connectivity index is 1.90. The van der Waals surface area contributed by atoms with E-state index in [1.165, 1.54) is 6.07 Å². The Labute approximate surface area is 232 Å². The van der Waals surface area contributed by atoms with Crippen molar-refractivity contribution in [3.05, 3.63) is 23.8 Å². The highest BCUT2D eigenvalue weighted by atomic mass is 16.7. The molecule has 0 spiro atoms. The fourth-order valence-electron chi connectivity index (χ4n) is 4.56. The Morgan fingerprint density at radius 1 is 0.854 bits per heavy atom. The Kier molecular flexibility index (Phi) is 10.1. The van der Waals surface area contributed by atoms with Gasteiger partial charge in [-0.2, -0.15) is 0 Å². The summed E-state index contributed by atoms with van der Waals surface area (Å²) >= 11 is 0. The number of carbonyl (C=O) groups excluding carboxylic acids is 1. The van der Waals surface area contributed by atoms with Crippen LogP contribution in [0.15, 0.2) is 18.2 Å². The van der Waals surface area contributed by atoms with Crippen LogP contribution in [-0.2, 0) is 44.5 Å². The van der Waals surface area contributed by atoms with E-state index in [0.29, 0.717) is 0 Å². The molecule has 41 heavy (non-hydrogen) atoms. The summed E-state index contributed by atoms with van der Waals surface area (Å²) < 4.78 is 26.0. The second-order valence-corrected chi connectivity index (χ2v) is 9.81. The first-order valence-electron chi connectivity index (χ1n) is 12.2. The van der Waals surface area contributed by atoms with Gasteiger partial charge in [0.25, 0.3) is 5.91 Å². The van der Waals surface area contributed by atoms with E-state index in [2.05, 4.69) is 5.32 Å². The van der Waals surface area contributed by atoms with E-state index < -0.39 is 103 Å². The molecular formula is C24H33NO16. The number of amides is 1. The van der Waals surface area contributed by atoms with Crippen molar-refractivity contribution in [2.24, 2.45) is 0 Å². The molecule has 9 N–H and O–H groups in total. The number of aliphatic carboxylic acids is 2. The largest absolute Gasteiger partial charge is 0.504 e. The highest BCUT2D eigenvalue weighted by Crippen LogP contribution is 2.31. The lowest BCUT2D eigenvalue weighted by Crippen LogP contribution is -2.68. The van der Waals surface area contributed by atoms with E-state index in [9.17, 15) is 55.2 Å². The highest BCUT2D eigenvalue weighted by Gasteiger charge is 2.54. The number of phenolic OH excluding ortho intramolecular Hbond substituents is 2. The van der Waals surface area contributed by atoms with Crippen LogP contribution in [0.5, 0.6) is 11.5 Å². The number of aromatic hydroxyl groups is 2. The van der Waals surface area contributed by atoms with E-state index >= 15 is 0 Å². The fourth-order valence-corrected chi connectivity index (χ4v) is 4.56. The molecule has 2 fully saturated rings. The minimum absolute atomic E-state index is 0.202. The minimum atomic E-state index is -2.07. The Bertz CT molecular complexity index is 1120. The number of methoxy groups -OCH3 is 2. The molecule has 17 heteroatoms. The van der Waals surface area contributed by atoms with Crippen molar-refractivity contribution in [2.75, 3.05) is 14.2 Å². The van der Waals surface area contributed by atoms with Gasteiger partial charge in [0.05, 0.1) is 0 Å². The van der Waals surface area contributed by atoms with Crippen molar-refractivity contribution in [1.82, 2.24) is 5.32 Å². The first kappa shape index (κ1) is 32.4. The van der Waals surface area contributed by atoms with Gasteiger partial charge in [-0.05, 0) is 24.6 Å². The van der Waals surface area contributed by atoms with Crippen LogP contribution < -0.4 is 5.32 Å². The summed E-state index contributed by atoms with van der Waals surface area (Å²) in [5.74, 6) is -5.31. The maximum Gasteiger partial charge on any atom is 0.335 e. The molecule has 4 unspecified atom stereocenters. The van der Waals surface area contributed by atoms with E-state index in [1.54, 1.807) is 0 Å². The van der Waals surface area contributed by atoms with E-state index in [-0.39, 0.29) is 5.56 Å². The predicted molar refractivity (Wildman–Crippen MR) is 129 cm³/mol. The minimum Gasteiger partial charge on any atom is -0.504 e. The van der Waals surface area contributed by atoms with Gasteiger partial charge < -0.3 is 69.9 Å². The number of carboxylic acids is 2. The number of benzene rings is 1. The van der Waals surface area contributed by atoms with Crippen molar-refractivity contribution in [3.8, 4) is 11.5 Å². The molecule has 2 aliphatic heterocycles.